The number of hydrogen-bond acceptors (Lipinski definition) is 6. The van der Waals surface area contributed by atoms with Crippen LogP contribution in [0, 0.1) is 5.92 Å². The average Bonchev–Trinajstić information content (AvgIpc) is 2.49. The molecule has 0 aromatic carbocycles. The number of hydrogen-bond donors (Lipinski definition) is 2. The van der Waals surface area contributed by atoms with Gasteiger partial charge in [0.25, 0.3) is 0 Å². The van der Waals surface area contributed by atoms with Gasteiger partial charge >= 0.3 is 0 Å². The van der Waals surface area contributed by atoms with Crippen LogP contribution in [-0.4, -0.2) is 36.8 Å². The maximum atomic E-state index is 5.57. The molecule has 1 aliphatic heterocycles. The Hall–Kier alpha value is -1.40. The molecule has 1 saturated heterocycles. The van der Waals surface area contributed by atoms with Crippen LogP contribution in [0.2, 0.25) is 0 Å². The molecule has 1 aromatic rings. The summed E-state index contributed by atoms with van der Waals surface area (Å²) in [5.41, 5.74) is 3.82. The second-order valence-electron chi connectivity index (χ2n) is 5.30. The van der Waals surface area contributed by atoms with Gasteiger partial charge in [0.1, 0.15) is 18.0 Å². The smallest absolute Gasteiger partial charge is 0.148 e. The van der Waals surface area contributed by atoms with E-state index in [1.807, 2.05) is 0 Å². The largest absolute Gasteiger partial charge is 0.384 e. The first-order valence-corrected chi connectivity index (χ1v) is 7.34. The monoisotopic (exact) mass is 279 g/mol. The number of methoxy groups -OCH3 is 1. The summed E-state index contributed by atoms with van der Waals surface area (Å²) in [6, 6.07) is 0. The fourth-order valence-electron chi connectivity index (χ4n) is 2.83. The Kier molecular flexibility index (Phi) is 5.55. The highest BCUT2D eigenvalue weighted by molar-refractivity contribution is 5.58. The first-order chi connectivity index (χ1) is 9.80. The predicted octanol–water partition coefficient (Wildman–Crippen LogP) is 1.58. The summed E-state index contributed by atoms with van der Waals surface area (Å²) < 4.78 is 5.25. The van der Waals surface area contributed by atoms with Crippen LogP contribution in [0.15, 0.2) is 6.33 Å². The zero-order valence-electron chi connectivity index (χ0n) is 12.4. The van der Waals surface area contributed by atoms with Crippen molar-refractivity contribution in [3.05, 3.63) is 11.9 Å². The summed E-state index contributed by atoms with van der Waals surface area (Å²) in [5.74, 6) is 8.01. The lowest BCUT2D eigenvalue weighted by atomic mass is 9.97. The minimum atomic E-state index is 0.666. The quantitative estimate of drug-likeness (QED) is 0.608. The molecule has 0 atom stereocenters. The Balaban J connectivity index is 2.12. The topological polar surface area (TPSA) is 76.3 Å². The Labute approximate surface area is 120 Å². The normalized spacial score (nSPS) is 16.4. The summed E-state index contributed by atoms with van der Waals surface area (Å²) in [4.78, 5) is 11.1. The van der Waals surface area contributed by atoms with Crippen molar-refractivity contribution < 1.29 is 4.74 Å². The number of nitrogen functional groups attached to an aromatic ring is 1. The number of ether oxygens (including phenoxy) is 1. The second-order valence-corrected chi connectivity index (χ2v) is 5.30. The van der Waals surface area contributed by atoms with Gasteiger partial charge in [-0.2, -0.15) is 0 Å². The molecule has 0 aliphatic carbocycles. The lowest BCUT2D eigenvalue weighted by Gasteiger charge is -2.33. The number of hydrazine groups is 1. The zero-order chi connectivity index (χ0) is 14.4. The van der Waals surface area contributed by atoms with E-state index in [9.17, 15) is 0 Å². The molecule has 2 heterocycles. The van der Waals surface area contributed by atoms with Gasteiger partial charge in [-0.15, -0.1) is 0 Å². The number of aromatic nitrogens is 2. The van der Waals surface area contributed by atoms with Crippen molar-refractivity contribution in [1.82, 2.24) is 9.97 Å². The minimum Gasteiger partial charge on any atom is -0.384 e. The molecule has 0 saturated carbocycles. The summed E-state index contributed by atoms with van der Waals surface area (Å²) in [7, 11) is 1.77. The lowest BCUT2D eigenvalue weighted by molar-refractivity contribution is 0.139. The van der Waals surface area contributed by atoms with Crippen LogP contribution in [0.5, 0.6) is 0 Å². The van der Waals surface area contributed by atoms with E-state index >= 15 is 0 Å². The van der Waals surface area contributed by atoms with E-state index in [4.69, 9.17) is 10.6 Å². The standard InChI is InChI=1S/C14H25N5O/c1-3-4-12-13(18-15)16-10-17-14(12)19-7-5-11(6-8-19)9-20-2/h10-11H,3-9,15H2,1-2H3,(H,16,17,18). The van der Waals surface area contributed by atoms with E-state index in [1.54, 1.807) is 13.4 Å². The van der Waals surface area contributed by atoms with Gasteiger partial charge in [-0.05, 0) is 25.2 Å². The fourth-order valence-corrected chi connectivity index (χ4v) is 2.83. The maximum Gasteiger partial charge on any atom is 0.148 e. The summed E-state index contributed by atoms with van der Waals surface area (Å²) in [6.45, 7) is 5.05. The number of piperidine rings is 1. The maximum absolute atomic E-state index is 5.57. The molecule has 0 radical (unpaired) electrons. The van der Waals surface area contributed by atoms with Gasteiger partial charge in [-0.3, -0.25) is 0 Å². The molecule has 2 rings (SSSR count). The Morgan fingerprint density at radius 3 is 2.75 bits per heavy atom. The highest BCUT2D eigenvalue weighted by Crippen LogP contribution is 2.28. The van der Waals surface area contributed by atoms with Crippen molar-refractivity contribution in [1.29, 1.82) is 0 Å². The third-order valence-corrected chi connectivity index (χ3v) is 3.88. The van der Waals surface area contributed by atoms with Crippen LogP contribution in [0.4, 0.5) is 11.6 Å². The molecule has 0 bridgehead atoms. The van der Waals surface area contributed by atoms with E-state index in [1.165, 1.54) is 0 Å². The van der Waals surface area contributed by atoms with Crippen LogP contribution < -0.4 is 16.2 Å². The molecular formula is C14H25N5O. The van der Waals surface area contributed by atoms with Crippen LogP contribution in [-0.2, 0) is 11.2 Å². The number of nitrogens with one attached hydrogen (secondary N) is 1. The fraction of sp³-hybridized carbons (Fsp3) is 0.714. The predicted molar refractivity (Wildman–Crippen MR) is 80.7 cm³/mol. The number of anilines is 2. The molecule has 20 heavy (non-hydrogen) atoms. The molecule has 1 aromatic heterocycles. The Bertz CT molecular complexity index is 418. The van der Waals surface area contributed by atoms with Gasteiger partial charge in [0, 0.05) is 32.4 Å². The minimum absolute atomic E-state index is 0.666. The van der Waals surface area contributed by atoms with Crippen LogP contribution in [0.25, 0.3) is 0 Å². The molecule has 6 heteroatoms. The third-order valence-electron chi connectivity index (χ3n) is 3.88. The third kappa shape index (κ3) is 3.37. The highest BCUT2D eigenvalue weighted by atomic mass is 16.5. The summed E-state index contributed by atoms with van der Waals surface area (Å²) >= 11 is 0. The van der Waals surface area contributed by atoms with Crippen molar-refractivity contribution in [3.8, 4) is 0 Å². The van der Waals surface area contributed by atoms with Gasteiger partial charge in [-0.25, -0.2) is 15.8 Å². The van der Waals surface area contributed by atoms with Crippen molar-refractivity contribution in [2.45, 2.75) is 32.6 Å². The molecular weight excluding hydrogens is 254 g/mol. The van der Waals surface area contributed by atoms with Crippen molar-refractivity contribution in [2.75, 3.05) is 37.1 Å². The Morgan fingerprint density at radius 1 is 1.40 bits per heavy atom. The van der Waals surface area contributed by atoms with Gasteiger partial charge in [0.2, 0.25) is 0 Å². The van der Waals surface area contributed by atoms with E-state index < -0.39 is 0 Å². The summed E-state index contributed by atoms with van der Waals surface area (Å²) in [6.07, 6.45) is 5.87. The number of rotatable bonds is 6. The number of nitrogens with zero attached hydrogens (tertiary/aromatic N) is 3. The van der Waals surface area contributed by atoms with E-state index in [0.29, 0.717) is 5.92 Å². The molecule has 0 spiro atoms. The number of nitrogens with two attached hydrogens (primary N) is 1. The lowest BCUT2D eigenvalue weighted by Crippen LogP contribution is -2.36. The molecule has 0 unspecified atom stereocenters. The molecule has 3 N–H and O–H groups in total. The Morgan fingerprint density at radius 2 is 2.15 bits per heavy atom. The van der Waals surface area contributed by atoms with E-state index in [2.05, 4.69) is 27.2 Å². The van der Waals surface area contributed by atoms with Gasteiger partial charge in [-0.1, -0.05) is 13.3 Å². The van der Waals surface area contributed by atoms with Crippen molar-refractivity contribution in [3.63, 3.8) is 0 Å². The molecule has 1 fully saturated rings. The molecule has 0 amide bonds. The van der Waals surface area contributed by atoms with Crippen molar-refractivity contribution in [2.24, 2.45) is 11.8 Å². The average molecular weight is 279 g/mol. The second kappa shape index (κ2) is 7.40. The first kappa shape index (κ1) is 15.0. The van der Waals surface area contributed by atoms with E-state index in [0.717, 1.165) is 62.6 Å². The molecule has 1 aliphatic rings. The van der Waals surface area contributed by atoms with E-state index in [-0.39, 0.29) is 0 Å². The molecule has 6 nitrogen and oxygen atoms in total. The van der Waals surface area contributed by atoms with Gasteiger partial charge in [0.15, 0.2) is 0 Å². The zero-order valence-corrected chi connectivity index (χ0v) is 12.4. The van der Waals surface area contributed by atoms with Gasteiger partial charge < -0.3 is 15.1 Å². The van der Waals surface area contributed by atoms with Gasteiger partial charge in [0.05, 0.1) is 0 Å². The molecule has 112 valence electrons. The first-order valence-electron chi connectivity index (χ1n) is 7.34. The van der Waals surface area contributed by atoms with Crippen molar-refractivity contribution >= 4 is 11.6 Å². The van der Waals surface area contributed by atoms with Crippen LogP contribution in [0.3, 0.4) is 0 Å². The highest BCUT2D eigenvalue weighted by Gasteiger charge is 2.23. The summed E-state index contributed by atoms with van der Waals surface area (Å²) in [5, 5.41) is 0. The van der Waals surface area contributed by atoms with Crippen LogP contribution >= 0.6 is 0 Å². The SMILES string of the molecule is CCCc1c(NN)ncnc1N1CCC(COC)CC1. The van der Waals surface area contributed by atoms with Crippen LogP contribution in [0.1, 0.15) is 31.7 Å².